The molecule has 1 heterocycles. The van der Waals surface area contributed by atoms with E-state index in [1.807, 2.05) is 29.9 Å². The molecule has 0 fully saturated rings. The van der Waals surface area contributed by atoms with Crippen molar-refractivity contribution in [3.05, 3.63) is 47.8 Å². The van der Waals surface area contributed by atoms with E-state index in [1.165, 1.54) is 0 Å². The van der Waals surface area contributed by atoms with Gasteiger partial charge in [-0.25, -0.2) is 0 Å². The Kier molecular flexibility index (Phi) is 5.36. The molecule has 1 aromatic heterocycles. The van der Waals surface area contributed by atoms with E-state index in [4.69, 9.17) is 9.47 Å². The Morgan fingerprint density at radius 1 is 1.24 bits per heavy atom. The lowest BCUT2D eigenvalue weighted by atomic mass is 9.99. The highest BCUT2D eigenvalue weighted by Gasteiger charge is 2.29. The van der Waals surface area contributed by atoms with E-state index in [0.717, 1.165) is 23.6 Å². The van der Waals surface area contributed by atoms with Crippen molar-refractivity contribution in [2.45, 2.75) is 25.6 Å². The van der Waals surface area contributed by atoms with Crippen LogP contribution in [0.1, 0.15) is 30.3 Å². The van der Waals surface area contributed by atoms with Gasteiger partial charge < -0.3 is 14.8 Å². The van der Waals surface area contributed by atoms with Gasteiger partial charge in [-0.15, -0.1) is 0 Å². The number of hydrogen-bond donors (Lipinski definition) is 1. The van der Waals surface area contributed by atoms with Crippen LogP contribution in [-0.2, 0) is 11.3 Å². The van der Waals surface area contributed by atoms with Gasteiger partial charge in [-0.3, -0.25) is 4.68 Å². The number of hydrogen-bond acceptors (Lipinski definition) is 4. The lowest BCUT2D eigenvalue weighted by molar-refractivity contribution is 0.0664. The van der Waals surface area contributed by atoms with Crippen LogP contribution in [0.5, 0.6) is 5.75 Å². The predicted molar refractivity (Wildman–Crippen MR) is 82.4 cm³/mol. The first-order chi connectivity index (χ1) is 10.3. The molecule has 5 heteroatoms. The van der Waals surface area contributed by atoms with Crippen molar-refractivity contribution >= 4 is 0 Å². The summed E-state index contributed by atoms with van der Waals surface area (Å²) in [5, 5.41) is 7.72. The second kappa shape index (κ2) is 7.24. The van der Waals surface area contributed by atoms with Gasteiger partial charge in [0, 0.05) is 13.7 Å². The average molecular weight is 289 g/mol. The number of benzene rings is 1. The van der Waals surface area contributed by atoms with Crippen LogP contribution in [0.2, 0.25) is 0 Å². The van der Waals surface area contributed by atoms with Crippen molar-refractivity contribution in [2.75, 3.05) is 21.3 Å². The molecule has 2 rings (SSSR count). The molecule has 0 bridgehead atoms. The van der Waals surface area contributed by atoms with E-state index >= 15 is 0 Å². The van der Waals surface area contributed by atoms with Gasteiger partial charge in [-0.1, -0.05) is 30.3 Å². The third-order valence-corrected chi connectivity index (χ3v) is 3.65. The van der Waals surface area contributed by atoms with Gasteiger partial charge in [0.15, 0.2) is 5.75 Å². The second-order valence-electron chi connectivity index (χ2n) is 4.75. The summed E-state index contributed by atoms with van der Waals surface area (Å²) in [6.45, 7) is 2.84. The number of aromatic nitrogens is 2. The van der Waals surface area contributed by atoms with Gasteiger partial charge in [0.2, 0.25) is 0 Å². The molecule has 0 spiro atoms. The molecule has 0 saturated carbocycles. The highest BCUT2D eigenvalue weighted by atomic mass is 16.5. The van der Waals surface area contributed by atoms with Gasteiger partial charge in [-0.05, 0) is 19.5 Å². The van der Waals surface area contributed by atoms with E-state index in [2.05, 4.69) is 29.5 Å². The summed E-state index contributed by atoms with van der Waals surface area (Å²) in [6.07, 6.45) is 1.63. The number of aryl methyl sites for hydroxylation is 1. The molecule has 1 aromatic carbocycles. The minimum Gasteiger partial charge on any atom is -0.493 e. The van der Waals surface area contributed by atoms with Crippen LogP contribution in [0.15, 0.2) is 36.5 Å². The van der Waals surface area contributed by atoms with Crippen molar-refractivity contribution in [1.29, 1.82) is 0 Å². The van der Waals surface area contributed by atoms with E-state index < -0.39 is 0 Å². The molecule has 0 amide bonds. The van der Waals surface area contributed by atoms with Crippen LogP contribution in [0.25, 0.3) is 0 Å². The molecule has 0 aliphatic rings. The third kappa shape index (κ3) is 3.09. The smallest absolute Gasteiger partial charge is 0.161 e. The van der Waals surface area contributed by atoms with Crippen LogP contribution in [0.3, 0.4) is 0 Å². The maximum atomic E-state index is 5.75. The van der Waals surface area contributed by atoms with E-state index in [9.17, 15) is 0 Å². The molecule has 114 valence electrons. The molecule has 0 saturated heterocycles. The second-order valence-corrected chi connectivity index (χ2v) is 4.75. The minimum atomic E-state index is -0.118. The van der Waals surface area contributed by atoms with Gasteiger partial charge in [0.05, 0.1) is 19.3 Å². The number of nitrogens with one attached hydrogen (secondary N) is 1. The Balaban J connectivity index is 2.45. The number of ether oxygens (including phenoxy) is 2. The third-order valence-electron chi connectivity index (χ3n) is 3.65. The van der Waals surface area contributed by atoms with Gasteiger partial charge in [0.25, 0.3) is 0 Å². The van der Waals surface area contributed by atoms with Crippen molar-refractivity contribution < 1.29 is 9.47 Å². The molecule has 0 radical (unpaired) electrons. The molecule has 0 aliphatic carbocycles. The molecule has 5 nitrogen and oxygen atoms in total. The first-order valence-electron chi connectivity index (χ1n) is 7.11. The lowest BCUT2D eigenvalue weighted by Gasteiger charge is -2.27. The Morgan fingerprint density at radius 2 is 1.95 bits per heavy atom. The fourth-order valence-electron chi connectivity index (χ4n) is 2.64. The monoisotopic (exact) mass is 289 g/mol. The average Bonchev–Trinajstić information content (AvgIpc) is 2.96. The van der Waals surface area contributed by atoms with Crippen molar-refractivity contribution in [1.82, 2.24) is 15.1 Å². The van der Waals surface area contributed by atoms with Crippen molar-refractivity contribution in [3.63, 3.8) is 0 Å². The predicted octanol–water partition coefficient (Wildman–Crippen LogP) is 2.56. The van der Waals surface area contributed by atoms with Gasteiger partial charge in [0.1, 0.15) is 11.8 Å². The summed E-state index contributed by atoms with van der Waals surface area (Å²) in [4.78, 5) is 0. The molecular formula is C16H23N3O2. The normalized spacial score (nSPS) is 13.9. The quantitative estimate of drug-likeness (QED) is 0.851. The molecular weight excluding hydrogens is 266 g/mol. The maximum absolute atomic E-state index is 5.75. The van der Waals surface area contributed by atoms with E-state index in [0.29, 0.717) is 0 Å². The fourth-order valence-corrected chi connectivity index (χ4v) is 2.64. The highest BCUT2D eigenvalue weighted by Crippen LogP contribution is 2.35. The Morgan fingerprint density at radius 3 is 2.48 bits per heavy atom. The van der Waals surface area contributed by atoms with Gasteiger partial charge >= 0.3 is 0 Å². The van der Waals surface area contributed by atoms with Crippen LogP contribution >= 0.6 is 0 Å². The van der Waals surface area contributed by atoms with E-state index in [-0.39, 0.29) is 12.1 Å². The number of rotatable bonds is 7. The summed E-state index contributed by atoms with van der Waals surface area (Å²) in [6, 6.07) is 10.1. The van der Waals surface area contributed by atoms with Crippen LogP contribution in [0.4, 0.5) is 0 Å². The number of methoxy groups -OCH3 is 2. The SMILES string of the molecule is CCn1ncc(OC)c1C(NC)C(OC)c1ccccc1. The van der Waals surface area contributed by atoms with Crippen LogP contribution in [-0.4, -0.2) is 31.0 Å². The van der Waals surface area contributed by atoms with Crippen LogP contribution < -0.4 is 10.1 Å². The zero-order chi connectivity index (χ0) is 15.2. The molecule has 21 heavy (non-hydrogen) atoms. The number of likely N-dealkylation sites (N-methyl/N-ethyl adjacent to an activating group) is 1. The maximum Gasteiger partial charge on any atom is 0.161 e. The van der Waals surface area contributed by atoms with Gasteiger partial charge in [-0.2, -0.15) is 5.10 Å². The molecule has 2 atom stereocenters. The molecule has 1 N–H and O–H groups in total. The topological polar surface area (TPSA) is 48.3 Å². The van der Waals surface area contributed by atoms with Crippen molar-refractivity contribution in [3.8, 4) is 5.75 Å². The van der Waals surface area contributed by atoms with E-state index in [1.54, 1.807) is 20.4 Å². The molecule has 2 aromatic rings. The van der Waals surface area contributed by atoms with Crippen molar-refractivity contribution in [2.24, 2.45) is 0 Å². The zero-order valence-electron chi connectivity index (χ0n) is 13.0. The molecule has 2 unspecified atom stereocenters. The Bertz CT molecular complexity index is 532. The number of nitrogens with zero attached hydrogens (tertiary/aromatic N) is 2. The Hall–Kier alpha value is -1.85. The summed E-state index contributed by atoms with van der Waals surface area (Å²) >= 11 is 0. The first kappa shape index (κ1) is 15.5. The first-order valence-corrected chi connectivity index (χ1v) is 7.11. The lowest BCUT2D eigenvalue weighted by Crippen LogP contribution is -2.28. The Labute approximate surface area is 125 Å². The summed E-state index contributed by atoms with van der Waals surface area (Å²) in [7, 11) is 5.31. The molecule has 0 aliphatic heterocycles. The highest BCUT2D eigenvalue weighted by molar-refractivity contribution is 5.32. The minimum absolute atomic E-state index is 0.0465. The standard InChI is InChI=1S/C16H23N3O2/c1-5-19-15(13(20-3)11-18-19)14(17-2)16(21-4)12-9-7-6-8-10-12/h6-11,14,16-17H,5H2,1-4H3. The fraction of sp³-hybridized carbons (Fsp3) is 0.438. The zero-order valence-corrected chi connectivity index (χ0v) is 13.0. The summed E-state index contributed by atoms with van der Waals surface area (Å²) in [5.41, 5.74) is 2.11. The summed E-state index contributed by atoms with van der Waals surface area (Å²) < 4.78 is 13.2. The largest absolute Gasteiger partial charge is 0.493 e. The summed E-state index contributed by atoms with van der Waals surface area (Å²) in [5.74, 6) is 0.772. The van der Waals surface area contributed by atoms with Crippen LogP contribution in [0, 0.1) is 0 Å².